The zero-order chi connectivity index (χ0) is 14.7. The lowest BCUT2D eigenvalue weighted by Gasteiger charge is -2.43. The van der Waals surface area contributed by atoms with Gasteiger partial charge in [0.25, 0.3) is 0 Å². The van der Waals surface area contributed by atoms with Gasteiger partial charge in [0.15, 0.2) is 0 Å². The van der Waals surface area contributed by atoms with Crippen molar-refractivity contribution in [3.8, 4) is 17.9 Å². The molecule has 0 amide bonds. The Hall–Kier alpha value is -1.78. The summed E-state index contributed by atoms with van der Waals surface area (Å²) >= 11 is 0. The molecule has 0 unspecified atom stereocenters. The molecule has 0 heterocycles. The van der Waals surface area contributed by atoms with E-state index >= 15 is 0 Å². The molecule has 0 aromatic rings. The van der Waals surface area contributed by atoms with Crippen LogP contribution in [0.15, 0.2) is 11.6 Å². The molecule has 0 saturated heterocycles. The molecule has 0 aliphatic heterocycles. The Labute approximate surface area is 113 Å². The average Bonchev–Trinajstić information content (AvgIpc) is 2.22. The van der Waals surface area contributed by atoms with Gasteiger partial charge in [0, 0.05) is 11.6 Å². The number of aliphatic hydroxyl groups is 1. The molecule has 1 rings (SSSR count). The Bertz CT molecular complexity index is 494. The molecule has 0 radical (unpaired) electrons. The summed E-state index contributed by atoms with van der Waals surface area (Å²) < 4.78 is 0. The average molecular weight is 261 g/mol. The molecular weight excluding hydrogens is 242 g/mol. The van der Waals surface area contributed by atoms with Gasteiger partial charge in [-0.1, -0.05) is 25.7 Å². The van der Waals surface area contributed by atoms with Crippen molar-refractivity contribution in [3.05, 3.63) is 11.6 Å². The minimum absolute atomic E-state index is 0.0428. The Kier molecular flexibility index (Phi) is 4.39. The fourth-order valence-electron chi connectivity index (χ4n) is 2.03. The Balaban J connectivity index is 3.04. The van der Waals surface area contributed by atoms with Crippen LogP contribution in [-0.4, -0.2) is 21.8 Å². The van der Waals surface area contributed by atoms with E-state index in [4.69, 9.17) is 5.11 Å². The maximum absolute atomic E-state index is 10.7. The van der Waals surface area contributed by atoms with Gasteiger partial charge in [-0.05, 0) is 32.1 Å². The smallest absolute Gasteiger partial charge is 0.329 e. The van der Waals surface area contributed by atoms with E-state index in [-0.39, 0.29) is 5.92 Å². The summed E-state index contributed by atoms with van der Waals surface area (Å²) in [6.07, 6.45) is 3.22. The zero-order valence-corrected chi connectivity index (χ0v) is 11.5. The number of nitriles is 1. The van der Waals surface area contributed by atoms with Gasteiger partial charge >= 0.3 is 5.97 Å². The second-order valence-electron chi connectivity index (χ2n) is 5.46. The van der Waals surface area contributed by atoms with Crippen LogP contribution in [-0.2, 0) is 4.79 Å². The molecule has 2 N–H and O–H groups in total. The lowest BCUT2D eigenvalue weighted by atomic mass is 9.60. The Morgan fingerprint density at radius 2 is 2.05 bits per heavy atom. The largest absolute Gasteiger partial charge is 0.478 e. The lowest BCUT2D eigenvalue weighted by Crippen LogP contribution is -2.48. The number of hydrogen-bond acceptors (Lipinski definition) is 3. The van der Waals surface area contributed by atoms with Crippen LogP contribution in [0.4, 0.5) is 0 Å². The SMILES string of the molecule is CC(C)/C(C#C[C@@](C)(O)C1(C#N)CCC1)=C/C(=O)O. The van der Waals surface area contributed by atoms with Gasteiger partial charge in [-0.25, -0.2) is 4.79 Å². The summed E-state index contributed by atoms with van der Waals surface area (Å²) in [7, 11) is 0. The highest BCUT2D eigenvalue weighted by Crippen LogP contribution is 2.48. The van der Waals surface area contributed by atoms with Crippen LogP contribution in [0, 0.1) is 34.5 Å². The van der Waals surface area contributed by atoms with Crippen molar-refractivity contribution >= 4 is 5.97 Å². The molecule has 0 aromatic carbocycles. The number of carbonyl (C=O) groups is 1. The van der Waals surface area contributed by atoms with E-state index in [0.29, 0.717) is 18.4 Å². The highest BCUT2D eigenvalue weighted by atomic mass is 16.4. The van der Waals surface area contributed by atoms with Gasteiger partial charge in [0.2, 0.25) is 0 Å². The number of allylic oxidation sites excluding steroid dienone is 1. The van der Waals surface area contributed by atoms with Crippen molar-refractivity contribution in [3.63, 3.8) is 0 Å². The summed E-state index contributed by atoms with van der Waals surface area (Å²) in [4.78, 5) is 10.7. The standard InChI is InChI=1S/C15H19NO3/c1-11(2)12(9-13(17)18)5-8-14(3,19)15(10-16)6-4-7-15/h9,11,19H,4,6-7H2,1-3H3,(H,17,18)/b12-9+/t14-/m1/s1. The van der Waals surface area contributed by atoms with E-state index in [1.807, 2.05) is 13.8 Å². The van der Waals surface area contributed by atoms with Crippen LogP contribution in [0.1, 0.15) is 40.0 Å². The topological polar surface area (TPSA) is 81.3 Å². The van der Waals surface area contributed by atoms with E-state index < -0.39 is 17.0 Å². The van der Waals surface area contributed by atoms with E-state index in [0.717, 1.165) is 12.5 Å². The third kappa shape index (κ3) is 3.16. The normalized spacial score (nSPS) is 20.5. The van der Waals surface area contributed by atoms with Crippen molar-refractivity contribution in [2.45, 2.75) is 45.6 Å². The van der Waals surface area contributed by atoms with Gasteiger partial charge in [-0.3, -0.25) is 0 Å². The van der Waals surface area contributed by atoms with Crippen molar-refractivity contribution in [2.75, 3.05) is 0 Å². The first kappa shape index (κ1) is 15.3. The van der Waals surface area contributed by atoms with Gasteiger partial charge in [-0.2, -0.15) is 5.26 Å². The van der Waals surface area contributed by atoms with Crippen molar-refractivity contribution in [1.29, 1.82) is 5.26 Å². The first-order valence-corrected chi connectivity index (χ1v) is 6.35. The number of rotatable bonds is 3. The number of nitrogens with zero attached hydrogens (tertiary/aromatic N) is 1. The maximum Gasteiger partial charge on any atom is 0.329 e. The third-order valence-corrected chi connectivity index (χ3v) is 3.70. The molecule has 0 spiro atoms. The molecule has 1 aliphatic rings. The molecule has 4 heteroatoms. The second-order valence-corrected chi connectivity index (χ2v) is 5.46. The number of hydrogen-bond donors (Lipinski definition) is 2. The van der Waals surface area contributed by atoms with Crippen LogP contribution < -0.4 is 0 Å². The molecule has 4 nitrogen and oxygen atoms in total. The second kappa shape index (κ2) is 5.47. The van der Waals surface area contributed by atoms with Gasteiger partial charge in [0.1, 0.15) is 5.60 Å². The van der Waals surface area contributed by atoms with Crippen molar-refractivity contribution < 1.29 is 15.0 Å². The summed E-state index contributed by atoms with van der Waals surface area (Å²) in [5.41, 5.74) is -1.78. The Morgan fingerprint density at radius 3 is 2.37 bits per heavy atom. The minimum atomic E-state index is -1.41. The molecule has 19 heavy (non-hydrogen) atoms. The predicted molar refractivity (Wildman–Crippen MR) is 70.9 cm³/mol. The number of carboxylic acids is 1. The maximum atomic E-state index is 10.7. The molecule has 0 bridgehead atoms. The minimum Gasteiger partial charge on any atom is -0.478 e. The van der Waals surface area contributed by atoms with E-state index in [9.17, 15) is 15.2 Å². The zero-order valence-electron chi connectivity index (χ0n) is 11.5. The monoisotopic (exact) mass is 261 g/mol. The predicted octanol–water partition coefficient (Wildman–Crippen LogP) is 2.10. The van der Waals surface area contributed by atoms with E-state index in [1.165, 1.54) is 6.92 Å². The molecule has 1 saturated carbocycles. The molecular formula is C15H19NO3. The quantitative estimate of drug-likeness (QED) is 0.602. The molecule has 0 aromatic heterocycles. The summed E-state index contributed by atoms with van der Waals surface area (Å²) in [5.74, 6) is 4.32. The van der Waals surface area contributed by atoms with Gasteiger partial charge in [0.05, 0.1) is 11.5 Å². The van der Waals surface area contributed by atoms with Crippen LogP contribution in [0.5, 0.6) is 0 Å². The molecule has 1 aliphatic carbocycles. The highest BCUT2D eigenvalue weighted by molar-refractivity contribution is 5.81. The fraction of sp³-hybridized carbons (Fsp3) is 0.600. The van der Waals surface area contributed by atoms with Gasteiger partial charge in [-0.15, -0.1) is 0 Å². The summed E-state index contributed by atoms with van der Waals surface area (Å²) in [6, 6.07) is 2.16. The van der Waals surface area contributed by atoms with Crippen molar-refractivity contribution in [2.24, 2.45) is 11.3 Å². The molecule has 1 fully saturated rings. The van der Waals surface area contributed by atoms with Crippen LogP contribution in [0.3, 0.4) is 0 Å². The Morgan fingerprint density at radius 1 is 1.47 bits per heavy atom. The summed E-state index contributed by atoms with van der Waals surface area (Å²) in [6.45, 7) is 5.20. The van der Waals surface area contributed by atoms with Crippen LogP contribution in [0.2, 0.25) is 0 Å². The third-order valence-electron chi connectivity index (χ3n) is 3.70. The molecule has 102 valence electrons. The summed E-state index contributed by atoms with van der Waals surface area (Å²) in [5, 5.41) is 28.4. The van der Waals surface area contributed by atoms with Crippen molar-refractivity contribution in [1.82, 2.24) is 0 Å². The number of carboxylic acid groups (broad SMARTS) is 1. The number of aliphatic carboxylic acids is 1. The van der Waals surface area contributed by atoms with E-state index in [1.54, 1.807) is 0 Å². The molecule has 1 atom stereocenters. The highest BCUT2D eigenvalue weighted by Gasteiger charge is 2.51. The van der Waals surface area contributed by atoms with Crippen LogP contribution >= 0.6 is 0 Å². The lowest BCUT2D eigenvalue weighted by molar-refractivity contribution is -0.131. The van der Waals surface area contributed by atoms with Crippen LogP contribution in [0.25, 0.3) is 0 Å². The first-order chi connectivity index (χ1) is 8.74. The van der Waals surface area contributed by atoms with Gasteiger partial charge < -0.3 is 10.2 Å². The first-order valence-electron chi connectivity index (χ1n) is 6.35. The fourth-order valence-corrected chi connectivity index (χ4v) is 2.03. The van der Waals surface area contributed by atoms with E-state index in [2.05, 4.69) is 17.9 Å².